The molecular formula is C26H34N2O4S. The minimum absolute atomic E-state index is 0.0861. The molecule has 2 heterocycles. The molecule has 0 spiro atoms. The molecule has 0 aromatic heterocycles. The predicted molar refractivity (Wildman–Crippen MR) is 129 cm³/mol. The van der Waals surface area contributed by atoms with Gasteiger partial charge in [0.15, 0.2) is 0 Å². The summed E-state index contributed by atoms with van der Waals surface area (Å²) in [5.74, 6) is 0.839. The zero-order valence-electron chi connectivity index (χ0n) is 20.0. The highest BCUT2D eigenvalue weighted by Gasteiger charge is 2.38. The zero-order chi connectivity index (χ0) is 23.8. The van der Waals surface area contributed by atoms with Crippen molar-refractivity contribution < 1.29 is 17.9 Å². The highest BCUT2D eigenvalue weighted by molar-refractivity contribution is 7.89. The number of carbonyl (C=O) groups excluding carboxylic acids is 1. The van der Waals surface area contributed by atoms with Gasteiger partial charge in [0.05, 0.1) is 18.0 Å². The standard InChI is InChI=1S/C26H34N2O4S/c1-18-16-19(2)25(20(3)17-18)33(30,31)27-14-11-22(12-15-27)26(29)28-13-5-6-24(28)21-7-9-23(32-4)10-8-21/h7-10,16-17,22,24H,5-6,11-15H2,1-4H3/t24-/m0/s1. The first-order chi connectivity index (χ1) is 15.7. The van der Waals surface area contributed by atoms with Crippen molar-refractivity contribution in [2.75, 3.05) is 26.7 Å². The Morgan fingerprint density at radius 2 is 1.55 bits per heavy atom. The molecule has 0 aliphatic carbocycles. The fourth-order valence-electron chi connectivity index (χ4n) is 5.48. The lowest BCUT2D eigenvalue weighted by atomic mass is 9.95. The molecule has 0 N–H and O–H groups in total. The molecule has 0 unspecified atom stereocenters. The van der Waals surface area contributed by atoms with Crippen molar-refractivity contribution in [2.45, 2.75) is 57.4 Å². The van der Waals surface area contributed by atoms with Gasteiger partial charge in [0.2, 0.25) is 15.9 Å². The number of nitrogens with zero attached hydrogens (tertiary/aromatic N) is 2. The number of sulfonamides is 1. The van der Waals surface area contributed by atoms with E-state index in [0.717, 1.165) is 47.4 Å². The Kier molecular flexibility index (Phi) is 6.82. The van der Waals surface area contributed by atoms with Crippen LogP contribution in [0, 0.1) is 26.7 Å². The van der Waals surface area contributed by atoms with E-state index >= 15 is 0 Å². The molecule has 2 aliphatic rings. The van der Waals surface area contributed by atoms with Gasteiger partial charge in [-0.05, 0) is 75.3 Å². The van der Waals surface area contributed by atoms with Crippen molar-refractivity contribution in [1.82, 2.24) is 9.21 Å². The van der Waals surface area contributed by atoms with Crippen LogP contribution >= 0.6 is 0 Å². The largest absolute Gasteiger partial charge is 0.497 e. The third kappa shape index (κ3) is 4.66. The summed E-state index contributed by atoms with van der Waals surface area (Å²) in [5, 5.41) is 0. The summed E-state index contributed by atoms with van der Waals surface area (Å²) in [6.45, 7) is 7.21. The molecule has 7 heteroatoms. The molecule has 2 aromatic carbocycles. The maximum Gasteiger partial charge on any atom is 0.243 e. The van der Waals surface area contributed by atoms with Gasteiger partial charge < -0.3 is 9.64 Å². The zero-order valence-corrected chi connectivity index (χ0v) is 20.8. The van der Waals surface area contributed by atoms with Gasteiger partial charge in [-0.25, -0.2) is 8.42 Å². The number of carbonyl (C=O) groups is 1. The third-order valence-corrected chi connectivity index (χ3v) is 9.25. The van der Waals surface area contributed by atoms with Crippen LogP contribution in [0.2, 0.25) is 0 Å². The Labute approximate surface area is 197 Å². The summed E-state index contributed by atoms with van der Waals surface area (Å²) >= 11 is 0. The van der Waals surface area contributed by atoms with E-state index in [2.05, 4.69) is 0 Å². The Hall–Kier alpha value is -2.38. The Balaban J connectivity index is 1.44. The van der Waals surface area contributed by atoms with Crippen LogP contribution in [0.3, 0.4) is 0 Å². The van der Waals surface area contributed by atoms with Crippen molar-refractivity contribution in [1.29, 1.82) is 0 Å². The number of piperidine rings is 1. The van der Waals surface area contributed by atoms with Crippen LogP contribution in [-0.4, -0.2) is 50.3 Å². The number of hydrogen-bond acceptors (Lipinski definition) is 4. The molecule has 0 saturated carbocycles. The van der Waals surface area contributed by atoms with Crippen molar-refractivity contribution in [3.05, 3.63) is 58.7 Å². The smallest absolute Gasteiger partial charge is 0.243 e. The highest BCUT2D eigenvalue weighted by Crippen LogP contribution is 2.36. The lowest BCUT2D eigenvalue weighted by Gasteiger charge is -2.35. The molecular weight excluding hydrogens is 436 g/mol. The minimum Gasteiger partial charge on any atom is -0.497 e. The monoisotopic (exact) mass is 470 g/mol. The van der Waals surface area contributed by atoms with Gasteiger partial charge in [0.1, 0.15) is 5.75 Å². The van der Waals surface area contributed by atoms with Gasteiger partial charge in [0.25, 0.3) is 0 Å². The second kappa shape index (κ2) is 9.47. The minimum atomic E-state index is -3.57. The number of rotatable bonds is 5. The molecule has 4 rings (SSSR count). The number of benzene rings is 2. The van der Waals surface area contributed by atoms with E-state index in [4.69, 9.17) is 4.74 Å². The molecule has 2 fully saturated rings. The average molecular weight is 471 g/mol. The third-order valence-electron chi connectivity index (χ3n) is 7.04. The molecule has 6 nitrogen and oxygen atoms in total. The average Bonchev–Trinajstić information content (AvgIpc) is 3.28. The van der Waals surface area contributed by atoms with E-state index in [9.17, 15) is 13.2 Å². The number of likely N-dealkylation sites (tertiary alicyclic amines) is 1. The van der Waals surface area contributed by atoms with E-state index in [1.54, 1.807) is 11.4 Å². The van der Waals surface area contributed by atoms with E-state index in [-0.39, 0.29) is 17.9 Å². The molecule has 1 amide bonds. The number of methoxy groups -OCH3 is 1. The summed E-state index contributed by atoms with van der Waals surface area (Å²) in [5.41, 5.74) is 3.76. The number of aryl methyl sites for hydroxylation is 3. The Morgan fingerprint density at radius 1 is 0.939 bits per heavy atom. The van der Waals surface area contributed by atoms with Crippen LogP contribution in [0.4, 0.5) is 0 Å². The molecule has 2 aromatic rings. The molecule has 0 radical (unpaired) electrons. The molecule has 0 bridgehead atoms. The van der Waals surface area contributed by atoms with Crippen LogP contribution in [0.25, 0.3) is 0 Å². The molecule has 33 heavy (non-hydrogen) atoms. The van der Waals surface area contributed by atoms with E-state index in [1.807, 2.05) is 62.1 Å². The molecule has 2 aliphatic heterocycles. The first-order valence-electron chi connectivity index (χ1n) is 11.7. The number of amides is 1. The van der Waals surface area contributed by atoms with Crippen molar-refractivity contribution in [3.8, 4) is 5.75 Å². The second-order valence-corrected chi connectivity index (χ2v) is 11.2. The van der Waals surface area contributed by atoms with Gasteiger partial charge in [0, 0.05) is 25.6 Å². The molecule has 1 atom stereocenters. The quantitative estimate of drug-likeness (QED) is 0.650. The van der Waals surface area contributed by atoms with Gasteiger partial charge in [-0.15, -0.1) is 0 Å². The van der Waals surface area contributed by atoms with Gasteiger partial charge in [-0.3, -0.25) is 4.79 Å². The second-order valence-electron chi connectivity index (χ2n) is 9.37. The SMILES string of the molecule is COc1ccc([C@@H]2CCCN2C(=O)C2CCN(S(=O)(=O)c3c(C)cc(C)cc3C)CC2)cc1. The van der Waals surface area contributed by atoms with Crippen molar-refractivity contribution >= 4 is 15.9 Å². The van der Waals surface area contributed by atoms with Gasteiger partial charge >= 0.3 is 0 Å². The number of hydrogen-bond donors (Lipinski definition) is 0. The van der Waals surface area contributed by atoms with E-state index in [0.29, 0.717) is 30.8 Å². The van der Waals surface area contributed by atoms with Crippen LogP contribution in [0.1, 0.15) is 54.0 Å². The number of ether oxygens (including phenoxy) is 1. The van der Waals surface area contributed by atoms with Crippen LogP contribution < -0.4 is 4.74 Å². The summed E-state index contributed by atoms with van der Waals surface area (Å²) in [7, 11) is -1.92. The van der Waals surface area contributed by atoms with Gasteiger partial charge in [-0.2, -0.15) is 4.31 Å². The normalized spacial score (nSPS) is 20.2. The molecule has 178 valence electrons. The maximum atomic E-state index is 13.4. The summed E-state index contributed by atoms with van der Waals surface area (Å²) in [6.07, 6.45) is 3.07. The lowest BCUT2D eigenvalue weighted by Crippen LogP contribution is -2.44. The predicted octanol–water partition coefficient (Wildman–Crippen LogP) is 4.38. The highest BCUT2D eigenvalue weighted by atomic mass is 32.2. The Bertz CT molecular complexity index is 1100. The van der Waals surface area contributed by atoms with E-state index in [1.165, 1.54) is 0 Å². The summed E-state index contributed by atoms with van der Waals surface area (Å²) in [6, 6.07) is 11.9. The van der Waals surface area contributed by atoms with Crippen molar-refractivity contribution in [3.63, 3.8) is 0 Å². The lowest BCUT2D eigenvalue weighted by molar-refractivity contribution is -0.137. The van der Waals surface area contributed by atoms with Gasteiger partial charge in [-0.1, -0.05) is 29.8 Å². The van der Waals surface area contributed by atoms with Crippen LogP contribution in [0.15, 0.2) is 41.3 Å². The fourth-order valence-corrected chi connectivity index (χ4v) is 7.36. The van der Waals surface area contributed by atoms with Crippen LogP contribution in [-0.2, 0) is 14.8 Å². The first-order valence-corrected chi connectivity index (χ1v) is 13.2. The molecule has 2 saturated heterocycles. The topological polar surface area (TPSA) is 66.9 Å². The van der Waals surface area contributed by atoms with Crippen LogP contribution in [0.5, 0.6) is 5.75 Å². The first kappa shape index (κ1) is 23.8. The maximum absolute atomic E-state index is 13.4. The summed E-state index contributed by atoms with van der Waals surface area (Å²) < 4.78 is 33.6. The fraction of sp³-hybridized carbons (Fsp3) is 0.500. The Morgan fingerprint density at radius 3 is 2.12 bits per heavy atom. The summed E-state index contributed by atoms with van der Waals surface area (Å²) in [4.78, 5) is 15.8. The van der Waals surface area contributed by atoms with E-state index < -0.39 is 10.0 Å². The van der Waals surface area contributed by atoms with Crippen molar-refractivity contribution in [2.24, 2.45) is 5.92 Å².